The van der Waals surface area contributed by atoms with Crippen LogP contribution in [0.3, 0.4) is 0 Å². The second-order valence-corrected chi connectivity index (χ2v) is 7.19. The van der Waals surface area contributed by atoms with Crippen LogP contribution in [0.15, 0.2) is 35.4 Å². The fraction of sp³-hybridized carbons (Fsp3) is 0.400. The summed E-state index contributed by atoms with van der Waals surface area (Å²) >= 11 is 0. The van der Waals surface area contributed by atoms with Gasteiger partial charge < -0.3 is 10.1 Å². The van der Waals surface area contributed by atoms with Gasteiger partial charge in [-0.3, -0.25) is 9.59 Å². The topological polar surface area (TPSA) is 90.5 Å². The quantitative estimate of drug-likeness (QED) is 0.723. The van der Waals surface area contributed by atoms with Crippen molar-refractivity contribution in [1.82, 2.24) is 24.7 Å². The molecule has 8 nitrogen and oxygen atoms in total. The second-order valence-electron chi connectivity index (χ2n) is 7.19. The summed E-state index contributed by atoms with van der Waals surface area (Å²) in [6, 6.07) is 7.79. The molecule has 146 valence electrons. The minimum atomic E-state index is -0.350. The molecule has 1 N–H and O–H groups in total. The summed E-state index contributed by atoms with van der Waals surface area (Å²) in [7, 11) is 0. The Bertz CT molecular complexity index is 1080. The summed E-state index contributed by atoms with van der Waals surface area (Å²) in [5, 5.41) is 11.3. The number of nitrogens with one attached hydrogen (secondary N) is 1. The van der Waals surface area contributed by atoms with Crippen molar-refractivity contribution in [3.63, 3.8) is 0 Å². The summed E-state index contributed by atoms with van der Waals surface area (Å²) in [4.78, 5) is 24.9. The Morgan fingerprint density at radius 2 is 2.14 bits per heavy atom. The van der Waals surface area contributed by atoms with E-state index in [1.807, 2.05) is 25.1 Å². The smallest absolute Gasteiger partial charge is 0.293 e. The number of aromatic nitrogens is 4. The van der Waals surface area contributed by atoms with Gasteiger partial charge in [0.25, 0.3) is 5.56 Å². The maximum atomic E-state index is 12.7. The highest BCUT2D eigenvalue weighted by molar-refractivity contribution is 5.75. The summed E-state index contributed by atoms with van der Waals surface area (Å²) in [5.41, 5.74) is 4.03. The third-order valence-electron chi connectivity index (χ3n) is 5.14. The van der Waals surface area contributed by atoms with Gasteiger partial charge in [-0.2, -0.15) is 10.2 Å². The maximum absolute atomic E-state index is 12.7. The summed E-state index contributed by atoms with van der Waals surface area (Å²) in [6.45, 7) is 5.15. The van der Waals surface area contributed by atoms with Crippen LogP contribution in [0.2, 0.25) is 0 Å². The lowest BCUT2D eigenvalue weighted by atomic mass is 10.0. The van der Waals surface area contributed by atoms with Crippen LogP contribution in [0, 0.1) is 13.8 Å². The molecule has 1 saturated heterocycles. The van der Waals surface area contributed by atoms with Gasteiger partial charge in [0, 0.05) is 18.7 Å². The normalized spacial score (nSPS) is 16.6. The van der Waals surface area contributed by atoms with E-state index >= 15 is 0 Å². The molecule has 4 rings (SSSR count). The van der Waals surface area contributed by atoms with Gasteiger partial charge in [-0.25, -0.2) is 9.20 Å². The monoisotopic (exact) mass is 381 g/mol. The van der Waals surface area contributed by atoms with Crippen molar-refractivity contribution in [2.45, 2.75) is 39.3 Å². The van der Waals surface area contributed by atoms with Gasteiger partial charge in [0.1, 0.15) is 18.4 Å². The Labute approximate surface area is 162 Å². The Morgan fingerprint density at radius 1 is 1.29 bits per heavy atom. The maximum Gasteiger partial charge on any atom is 0.293 e. The summed E-state index contributed by atoms with van der Waals surface area (Å²) < 4.78 is 8.10. The first-order valence-corrected chi connectivity index (χ1v) is 9.43. The zero-order valence-corrected chi connectivity index (χ0v) is 16.0. The third-order valence-corrected chi connectivity index (χ3v) is 5.14. The van der Waals surface area contributed by atoms with Crippen LogP contribution in [0.25, 0.3) is 16.8 Å². The first-order chi connectivity index (χ1) is 13.5. The van der Waals surface area contributed by atoms with Gasteiger partial charge in [0.05, 0.1) is 11.8 Å². The number of nitrogens with zero attached hydrogens (tertiary/aromatic N) is 4. The molecule has 0 aliphatic carbocycles. The largest absolute Gasteiger partial charge is 0.376 e. The van der Waals surface area contributed by atoms with Gasteiger partial charge in [-0.15, -0.1) is 0 Å². The van der Waals surface area contributed by atoms with Crippen molar-refractivity contribution in [1.29, 1.82) is 0 Å². The van der Waals surface area contributed by atoms with E-state index in [0.29, 0.717) is 17.8 Å². The molecule has 2 aromatic heterocycles. The number of fused-ring (bicyclic) bond motifs is 1. The van der Waals surface area contributed by atoms with Crippen LogP contribution in [0.4, 0.5) is 0 Å². The van der Waals surface area contributed by atoms with E-state index < -0.39 is 0 Å². The predicted octanol–water partition coefficient (Wildman–Crippen LogP) is 1.47. The molecular weight excluding hydrogens is 358 g/mol. The Morgan fingerprint density at radius 3 is 2.89 bits per heavy atom. The van der Waals surface area contributed by atoms with Crippen LogP contribution in [0.1, 0.15) is 24.0 Å². The minimum Gasteiger partial charge on any atom is -0.376 e. The molecular formula is C20H23N5O3. The molecule has 0 spiro atoms. The number of rotatable bonds is 5. The molecule has 1 fully saturated rings. The number of hydrogen-bond acceptors (Lipinski definition) is 5. The first kappa shape index (κ1) is 18.4. The van der Waals surface area contributed by atoms with Crippen molar-refractivity contribution < 1.29 is 9.53 Å². The number of carbonyl (C=O) groups excluding carboxylic acids is 1. The van der Waals surface area contributed by atoms with Crippen molar-refractivity contribution in [2.75, 3.05) is 13.2 Å². The van der Waals surface area contributed by atoms with E-state index in [1.54, 1.807) is 6.07 Å². The SMILES string of the molecule is Cc1ccc(-c2cc3c(=O)n(CC(=O)NC[C@@H]4CCCO4)ncn3n2)cc1C. The highest BCUT2D eigenvalue weighted by atomic mass is 16.5. The zero-order valence-electron chi connectivity index (χ0n) is 16.0. The van der Waals surface area contributed by atoms with E-state index in [0.717, 1.165) is 35.3 Å². The van der Waals surface area contributed by atoms with Gasteiger partial charge in [0.15, 0.2) is 0 Å². The fourth-order valence-electron chi connectivity index (χ4n) is 3.32. The lowest BCUT2D eigenvalue weighted by molar-refractivity contribution is -0.122. The zero-order chi connectivity index (χ0) is 19.7. The number of amides is 1. The molecule has 3 heterocycles. The van der Waals surface area contributed by atoms with Crippen LogP contribution >= 0.6 is 0 Å². The number of benzene rings is 1. The van der Waals surface area contributed by atoms with Crippen molar-refractivity contribution in [3.8, 4) is 11.3 Å². The summed E-state index contributed by atoms with van der Waals surface area (Å²) in [6.07, 6.45) is 3.48. The standard InChI is InChI=1S/C20H23N5O3/c1-13-5-6-15(8-14(13)2)17-9-18-20(27)24(22-12-25(18)23-17)11-19(26)21-10-16-4-3-7-28-16/h5-6,8-9,12,16H,3-4,7,10-11H2,1-2H3,(H,21,26)/t16-/m0/s1. The number of hydrogen-bond donors (Lipinski definition) is 1. The number of carbonyl (C=O) groups is 1. The molecule has 28 heavy (non-hydrogen) atoms. The molecule has 1 aromatic carbocycles. The Hall–Kier alpha value is -3.00. The van der Waals surface area contributed by atoms with Crippen molar-refractivity contribution in [3.05, 3.63) is 52.1 Å². The molecule has 1 amide bonds. The molecule has 1 atom stereocenters. The van der Waals surface area contributed by atoms with Crippen molar-refractivity contribution >= 4 is 11.4 Å². The van der Waals surface area contributed by atoms with E-state index in [2.05, 4.69) is 22.4 Å². The number of ether oxygens (including phenoxy) is 1. The van der Waals surface area contributed by atoms with Gasteiger partial charge >= 0.3 is 0 Å². The second kappa shape index (κ2) is 7.55. The van der Waals surface area contributed by atoms with Crippen LogP contribution in [-0.2, 0) is 16.1 Å². The van der Waals surface area contributed by atoms with E-state index in [4.69, 9.17) is 4.74 Å². The van der Waals surface area contributed by atoms with E-state index in [-0.39, 0.29) is 24.1 Å². The minimum absolute atomic E-state index is 0.0615. The van der Waals surface area contributed by atoms with Crippen LogP contribution < -0.4 is 10.9 Å². The third kappa shape index (κ3) is 3.68. The molecule has 0 unspecified atom stereocenters. The Kier molecular flexibility index (Phi) is 4.95. The molecule has 1 aliphatic rings. The predicted molar refractivity (Wildman–Crippen MR) is 104 cm³/mol. The van der Waals surface area contributed by atoms with E-state index in [9.17, 15) is 9.59 Å². The van der Waals surface area contributed by atoms with Crippen LogP contribution in [0.5, 0.6) is 0 Å². The summed E-state index contributed by atoms with van der Waals surface area (Å²) in [5.74, 6) is -0.261. The molecule has 0 saturated carbocycles. The molecule has 8 heteroatoms. The van der Waals surface area contributed by atoms with Gasteiger partial charge in [0.2, 0.25) is 5.91 Å². The lowest BCUT2D eigenvalue weighted by Crippen LogP contribution is -2.37. The molecule has 3 aromatic rings. The van der Waals surface area contributed by atoms with Crippen LogP contribution in [-0.4, -0.2) is 44.6 Å². The van der Waals surface area contributed by atoms with Gasteiger partial charge in [-0.05, 0) is 49.9 Å². The highest BCUT2D eigenvalue weighted by Crippen LogP contribution is 2.21. The average Bonchev–Trinajstić information content (AvgIpc) is 3.34. The average molecular weight is 381 g/mol. The van der Waals surface area contributed by atoms with E-state index in [1.165, 1.54) is 16.4 Å². The number of aryl methyl sites for hydroxylation is 2. The van der Waals surface area contributed by atoms with Crippen molar-refractivity contribution in [2.24, 2.45) is 0 Å². The first-order valence-electron chi connectivity index (χ1n) is 9.43. The Balaban J connectivity index is 1.54. The lowest BCUT2D eigenvalue weighted by Gasteiger charge is -2.11. The highest BCUT2D eigenvalue weighted by Gasteiger charge is 2.17. The molecule has 0 bridgehead atoms. The molecule has 1 aliphatic heterocycles. The molecule has 0 radical (unpaired) electrons. The van der Waals surface area contributed by atoms with Gasteiger partial charge in [-0.1, -0.05) is 12.1 Å². The fourth-order valence-corrected chi connectivity index (χ4v) is 3.32.